The summed E-state index contributed by atoms with van der Waals surface area (Å²) in [6.45, 7) is 5.64. The summed E-state index contributed by atoms with van der Waals surface area (Å²) in [4.78, 5) is 26.3. The topological polar surface area (TPSA) is 64.0 Å². The van der Waals surface area contributed by atoms with Gasteiger partial charge >= 0.3 is 0 Å². The molecule has 4 rings (SSSR count). The molecule has 5 nitrogen and oxygen atoms in total. The van der Waals surface area contributed by atoms with E-state index >= 15 is 0 Å². The smallest absolute Gasteiger partial charge is 0.256 e. The molecule has 0 radical (unpaired) electrons. The van der Waals surface area contributed by atoms with E-state index in [0.29, 0.717) is 22.6 Å². The number of aromatic nitrogens is 2. The molecule has 0 bridgehead atoms. The summed E-state index contributed by atoms with van der Waals surface area (Å²) in [5.41, 5.74) is 4.69. The number of nitrogens with one attached hydrogen (secondary N) is 1. The van der Waals surface area contributed by atoms with Crippen LogP contribution >= 0.6 is 0 Å². The van der Waals surface area contributed by atoms with Gasteiger partial charge in [-0.3, -0.25) is 9.59 Å². The number of aryl methyl sites for hydroxylation is 3. The zero-order chi connectivity index (χ0) is 22.0. The van der Waals surface area contributed by atoms with Crippen molar-refractivity contribution in [1.29, 1.82) is 0 Å². The molecule has 0 saturated carbocycles. The Bertz CT molecular complexity index is 1290. The van der Waals surface area contributed by atoms with Crippen LogP contribution in [0.4, 0.5) is 5.82 Å². The van der Waals surface area contributed by atoms with Crippen molar-refractivity contribution < 1.29 is 4.79 Å². The Morgan fingerprint density at radius 2 is 1.39 bits per heavy atom. The van der Waals surface area contributed by atoms with Crippen LogP contribution in [0.3, 0.4) is 0 Å². The Morgan fingerprint density at radius 1 is 0.806 bits per heavy atom. The van der Waals surface area contributed by atoms with E-state index in [0.717, 1.165) is 22.4 Å². The van der Waals surface area contributed by atoms with Crippen LogP contribution in [-0.4, -0.2) is 15.7 Å². The van der Waals surface area contributed by atoms with Gasteiger partial charge in [-0.2, -0.15) is 5.10 Å². The van der Waals surface area contributed by atoms with Gasteiger partial charge in [0.2, 0.25) is 5.43 Å². The van der Waals surface area contributed by atoms with Gasteiger partial charge in [-0.15, -0.1) is 0 Å². The van der Waals surface area contributed by atoms with Crippen molar-refractivity contribution in [2.75, 3.05) is 5.32 Å². The summed E-state index contributed by atoms with van der Waals surface area (Å²) in [6, 6.07) is 24.4. The van der Waals surface area contributed by atoms with E-state index < -0.39 is 0 Å². The molecule has 31 heavy (non-hydrogen) atoms. The zero-order valence-electron chi connectivity index (χ0n) is 17.7. The second kappa shape index (κ2) is 8.40. The normalized spacial score (nSPS) is 10.7. The molecule has 5 heteroatoms. The van der Waals surface area contributed by atoms with E-state index in [1.807, 2.05) is 80.6 Å². The molecule has 0 aliphatic rings. The Balaban J connectivity index is 1.94. The Morgan fingerprint density at radius 3 is 2.00 bits per heavy atom. The maximum atomic E-state index is 13.2. The number of carbonyl (C=O) groups excluding carboxylic acids is 1. The van der Waals surface area contributed by atoms with Crippen LogP contribution in [0.2, 0.25) is 0 Å². The highest BCUT2D eigenvalue weighted by Crippen LogP contribution is 2.28. The van der Waals surface area contributed by atoms with Crippen molar-refractivity contribution in [1.82, 2.24) is 9.78 Å². The molecule has 0 aliphatic carbocycles. The van der Waals surface area contributed by atoms with E-state index in [2.05, 4.69) is 10.4 Å². The van der Waals surface area contributed by atoms with Gasteiger partial charge in [0.1, 0.15) is 11.5 Å². The van der Waals surface area contributed by atoms with Gasteiger partial charge < -0.3 is 5.32 Å². The van der Waals surface area contributed by atoms with Gasteiger partial charge in [0.25, 0.3) is 5.91 Å². The predicted molar refractivity (Wildman–Crippen MR) is 124 cm³/mol. The highest BCUT2D eigenvalue weighted by atomic mass is 16.2. The van der Waals surface area contributed by atoms with Crippen LogP contribution in [0, 0.1) is 20.8 Å². The number of benzene rings is 3. The van der Waals surface area contributed by atoms with Crippen LogP contribution < -0.4 is 10.7 Å². The zero-order valence-corrected chi connectivity index (χ0v) is 17.7. The molecule has 4 aromatic rings. The van der Waals surface area contributed by atoms with Gasteiger partial charge in [-0.1, -0.05) is 65.7 Å². The summed E-state index contributed by atoms with van der Waals surface area (Å²) >= 11 is 0. The molecule has 0 aliphatic heterocycles. The van der Waals surface area contributed by atoms with E-state index in [1.165, 1.54) is 0 Å². The molecule has 0 atom stereocenters. The minimum atomic E-state index is -0.303. The third kappa shape index (κ3) is 4.16. The molecule has 0 fully saturated rings. The number of amides is 1. The van der Waals surface area contributed by atoms with Crippen molar-refractivity contribution in [2.45, 2.75) is 20.8 Å². The molecule has 1 N–H and O–H groups in total. The van der Waals surface area contributed by atoms with Crippen molar-refractivity contribution in [2.24, 2.45) is 0 Å². The van der Waals surface area contributed by atoms with E-state index in [9.17, 15) is 9.59 Å². The monoisotopic (exact) mass is 409 g/mol. The first-order valence-electron chi connectivity index (χ1n) is 10.1. The molecular weight excluding hydrogens is 386 g/mol. The Labute approximate surface area is 181 Å². The number of hydrogen-bond donors (Lipinski definition) is 1. The molecule has 0 saturated heterocycles. The molecule has 0 unspecified atom stereocenters. The largest absolute Gasteiger partial charge is 0.306 e. The minimum absolute atomic E-state index is 0.213. The molecule has 1 aromatic heterocycles. The summed E-state index contributed by atoms with van der Waals surface area (Å²) in [6.07, 6.45) is 0. The molecule has 1 heterocycles. The number of nitrogens with zero attached hydrogens (tertiary/aromatic N) is 2. The minimum Gasteiger partial charge on any atom is -0.306 e. The Hall–Kier alpha value is -3.99. The van der Waals surface area contributed by atoms with Crippen LogP contribution in [0.15, 0.2) is 83.7 Å². The maximum absolute atomic E-state index is 13.2. The van der Waals surface area contributed by atoms with Gasteiger partial charge in [-0.05, 0) is 50.6 Å². The first-order valence-corrected chi connectivity index (χ1v) is 10.1. The third-order valence-electron chi connectivity index (χ3n) is 5.14. The van der Waals surface area contributed by atoms with Crippen molar-refractivity contribution in [3.05, 3.63) is 111 Å². The molecule has 0 spiro atoms. The first-order chi connectivity index (χ1) is 14.9. The fraction of sp³-hybridized carbons (Fsp3) is 0.115. The summed E-state index contributed by atoms with van der Waals surface area (Å²) in [5.74, 6) is 0.0410. The second-order valence-corrected chi connectivity index (χ2v) is 7.57. The van der Waals surface area contributed by atoms with Crippen molar-refractivity contribution in [3.8, 4) is 16.8 Å². The van der Waals surface area contributed by atoms with E-state index in [-0.39, 0.29) is 11.3 Å². The van der Waals surface area contributed by atoms with Crippen LogP contribution in [0.1, 0.15) is 27.2 Å². The first kappa shape index (κ1) is 20.3. The number of carbonyl (C=O) groups is 1. The average molecular weight is 409 g/mol. The van der Waals surface area contributed by atoms with Crippen molar-refractivity contribution in [3.63, 3.8) is 0 Å². The fourth-order valence-electron chi connectivity index (χ4n) is 3.38. The van der Waals surface area contributed by atoms with Crippen LogP contribution in [0.5, 0.6) is 0 Å². The van der Waals surface area contributed by atoms with Gasteiger partial charge in [0, 0.05) is 5.56 Å². The van der Waals surface area contributed by atoms with Gasteiger partial charge in [0.05, 0.1) is 11.3 Å². The second-order valence-electron chi connectivity index (χ2n) is 7.57. The molecule has 154 valence electrons. The van der Waals surface area contributed by atoms with E-state index in [4.69, 9.17) is 0 Å². The lowest BCUT2D eigenvalue weighted by Crippen LogP contribution is -2.25. The fourth-order valence-corrected chi connectivity index (χ4v) is 3.38. The lowest BCUT2D eigenvalue weighted by atomic mass is 10.0. The lowest BCUT2D eigenvalue weighted by Gasteiger charge is -2.18. The quantitative estimate of drug-likeness (QED) is 0.511. The van der Waals surface area contributed by atoms with E-state index in [1.54, 1.807) is 23.7 Å². The highest BCUT2D eigenvalue weighted by molar-refractivity contribution is 6.05. The average Bonchev–Trinajstić information content (AvgIpc) is 2.78. The molecule has 3 aromatic carbocycles. The standard InChI is InChI=1S/C26H23N3O2/c1-17-9-13-20(14-10-17)23-24(30)19(3)28-29(22-7-5-4-6-8-22)25(23)27-26(31)21-15-11-18(2)12-16-21/h4-16H,1-3H3,(H,27,31). The predicted octanol–water partition coefficient (Wildman–Crippen LogP) is 5.08. The summed E-state index contributed by atoms with van der Waals surface area (Å²) in [5, 5.41) is 7.45. The van der Waals surface area contributed by atoms with Gasteiger partial charge in [-0.25, -0.2) is 4.68 Å². The Kier molecular flexibility index (Phi) is 5.50. The van der Waals surface area contributed by atoms with Crippen LogP contribution in [0.25, 0.3) is 16.8 Å². The van der Waals surface area contributed by atoms with Crippen LogP contribution in [-0.2, 0) is 0 Å². The highest BCUT2D eigenvalue weighted by Gasteiger charge is 2.20. The third-order valence-corrected chi connectivity index (χ3v) is 5.14. The molecular formula is C26H23N3O2. The number of rotatable bonds is 4. The van der Waals surface area contributed by atoms with Crippen molar-refractivity contribution >= 4 is 11.7 Å². The maximum Gasteiger partial charge on any atom is 0.256 e. The molecule has 1 amide bonds. The number of hydrogen-bond acceptors (Lipinski definition) is 3. The summed E-state index contributed by atoms with van der Waals surface area (Å²) in [7, 11) is 0. The number of para-hydroxylation sites is 1. The van der Waals surface area contributed by atoms with Gasteiger partial charge in [0.15, 0.2) is 0 Å². The lowest BCUT2D eigenvalue weighted by molar-refractivity contribution is 0.102. The SMILES string of the molecule is Cc1ccc(C(=O)Nc2c(-c3ccc(C)cc3)c(=O)c(C)nn2-c2ccccc2)cc1. The number of anilines is 1. The summed E-state index contributed by atoms with van der Waals surface area (Å²) < 4.78 is 1.62.